The summed E-state index contributed by atoms with van der Waals surface area (Å²) in [6.07, 6.45) is 0. The summed E-state index contributed by atoms with van der Waals surface area (Å²) >= 11 is 0. The van der Waals surface area contributed by atoms with E-state index in [1.165, 1.54) is 6.07 Å². The molecule has 1 rings (SSSR count). The molecule has 5 heteroatoms. The number of carboxylic acid groups (broad SMARTS) is 1. The number of carbonyl (C=O) groups is 1. The molecule has 0 fully saturated rings. The molecular weight excluding hydrogens is 237 g/mol. The molecule has 1 aromatic rings. The first-order valence-corrected chi connectivity index (χ1v) is 5.82. The lowest BCUT2D eigenvalue weighted by atomic mass is 10.1. The fraction of sp³-hybridized carbons (Fsp3) is 0.462. The van der Waals surface area contributed by atoms with E-state index in [0.717, 1.165) is 6.54 Å². The van der Waals surface area contributed by atoms with Crippen LogP contribution < -0.4 is 0 Å². The maximum Gasteiger partial charge on any atom is 0.338 e. The van der Waals surface area contributed by atoms with Crippen molar-refractivity contribution in [2.45, 2.75) is 13.5 Å². The lowest BCUT2D eigenvalue weighted by Gasteiger charge is -2.20. The predicted molar refractivity (Wildman–Crippen MR) is 66.2 cm³/mol. The number of ether oxygens (including phenoxy) is 1. The molecule has 1 N–H and O–H groups in total. The van der Waals surface area contributed by atoms with E-state index in [0.29, 0.717) is 25.3 Å². The molecule has 1 aromatic carbocycles. The molecule has 0 aliphatic rings. The summed E-state index contributed by atoms with van der Waals surface area (Å²) in [6.45, 7) is 4.35. The predicted octanol–water partition coefficient (Wildman–Crippen LogP) is 1.99. The highest BCUT2D eigenvalue weighted by Crippen LogP contribution is 2.15. The van der Waals surface area contributed by atoms with Gasteiger partial charge >= 0.3 is 5.97 Å². The number of likely N-dealkylation sites (N-methyl/N-ethyl adjacent to an activating group) is 1. The highest BCUT2D eigenvalue weighted by atomic mass is 19.1. The van der Waals surface area contributed by atoms with Crippen molar-refractivity contribution in [2.75, 3.05) is 26.8 Å². The van der Waals surface area contributed by atoms with E-state index < -0.39 is 11.8 Å². The standard InChI is InChI=1S/C13H18FNO3/c1-3-15(7-8-18-2)9-10-5-4-6-11(12(10)14)13(16)17/h4-6H,3,7-9H2,1-2H3,(H,16,17). The molecule has 0 atom stereocenters. The highest BCUT2D eigenvalue weighted by Gasteiger charge is 2.15. The van der Waals surface area contributed by atoms with Crippen LogP contribution in [-0.2, 0) is 11.3 Å². The Hall–Kier alpha value is -1.46. The van der Waals surface area contributed by atoms with Crippen LogP contribution in [0.2, 0.25) is 0 Å². The zero-order valence-corrected chi connectivity index (χ0v) is 10.6. The topological polar surface area (TPSA) is 49.8 Å². The lowest BCUT2D eigenvalue weighted by molar-refractivity contribution is 0.0691. The molecule has 0 spiro atoms. The van der Waals surface area contributed by atoms with Crippen LogP contribution in [-0.4, -0.2) is 42.8 Å². The molecule has 4 nitrogen and oxygen atoms in total. The van der Waals surface area contributed by atoms with Gasteiger partial charge in [-0.25, -0.2) is 9.18 Å². The van der Waals surface area contributed by atoms with Crippen molar-refractivity contribution >= 4 is 5.97 Å². The monoisotopic (exact) mass is 255 g/mol. The Morgan fingerprint density at radius 2 is 2.22 bits per heavy atom. The van der Waals surface area contributed by atoms with Gasteiger partial charge in [0.1, 0.15) is 5.82 Å². The van der Waals surface area contributed by atoms with Crippen LogP contribution in [0.3, 0.4) is 0 Å². The van der Waals surface area contributed by atoms with Gasteiger partial charge in [-0.1, -0.05) is 19.1 Å². The Labute approximate surface area is 106 Å². The van der Waals surface area contributed by atoms with Crippen LogP contribution in [0, 0.1) is 5.82 Å². The second kappa shape index (κ2) is 7.08. The molecule has 100 valence electrons. The zero-order valence-electron chi connectivity index (χ0n) is 10.6. The van der Waals surface area contributed by atoms with Gasteiger partial charge in [0.05, 0.1) is 12.2 Å². The third kappa shape index (κ3) is 3.78. The molecule has 18 heavy (non-hydrogen) atoms. The van der Waals surface area contributed by atoms with E-state index in [-0.39, 0.29) is 5.56 Å². The Bertz CT molecular complexity index is 409. The van der Waals surface area contributed by atoms with Crippen molar-refractivity contribution in [3.05, 3.63) is 35.1 Å². The molecule has 0 unspecified atom stereocenters. The lowest BCUT2D eigenvalue weighted by Crippen LogP contribution is -2.27. The number of hydrogen-bond acceptors (Lipinski definition) is 3. The minimum absolute atomic E-state index is 0.282. The van der Waals surface area contributed by atoms with Gasteiger partial charge in [0.25, 0.3) is 0 Å². The first-order valence-electron chi connectivity index (χ1n) is 5.82. The van der Waals surface area contributed by atoms with Gasteiger partial charge in [-0.3, -0.25) is 4.90 Å². The third-order valence-electron chi connectivity index (χ3n) is 2.76. The second-order valence-corrected chi connectivity index (χ2v) is 3.95. The number of rotatable bonds is 7. The Kier molecular flexibility index (Phi) is 5.74. The molecule has 0 saturated carbocycles. The largest absolute Gasteiger partial charge is 0.478 e. The maximum atomic E-state index is 13.9. The van der Waals surface area contributed by atoms with Gasteiger partial charge in [0, 0.05) is 25.8 Å². The minimum Gasteiger partial charge on any atom is -0.478 e. The number of benzene rings is 1. The van der Waals surface area contributed by atoms with Crippen LogP contribution in [0.5, 0.6) is 0 Å². The van der Waals surface area contributed by atoms with Gasteiger partial charge in [-0.2, -0.15) is 0 Å². The molecule has 0 heterocycles. The van der Waals surface area contributed by atoms with Gasteiger partial charge in [0.2, 0.25) is 0 Å². The Morgan fingerprint density at radius 3 is 2.78 bits per heavy atom. The van der Waals surface area contributed by atoms with Crippen LogP contribution in [0.1, 0.15) is 22.8 Å². The van der Waals surface area contributed by atoms with Crippen LogP contribution in [0.4, 0.5) is 4.39 Å². The average Bonchev–Trinajstić information content (AvgIpc) is 2.36. The van der Waals surface area contributed by atoms with E-state index in [1.54, 1.807) is 19.2 Å². The average molecular weight is 255 g/mol. The van der Waals surface area contributed by atoms with Gasteiger partial charge in [-0.05, 0) is 12.6 Å². The Balaban J connectivity index is 2.83. The molecule has 0 saturated heterocycles. The van der Waals surface area contributed by atoms with Crippen molar-refractivity contribution in [3.8, 4) is 0 Å². The van der Waals surface area contributed by atoms with Crippen molar-refractivity contribution in [2.24, 2.45) is 0 Å². The third-order valence-corrected chi connectivity index (χ3v) is 2.76. The number of hydrogen-bond donors (Lipinski definition) is 1. The summed E-state index contributed by atoms with van der Waals surface area (Å²) in [4.78, 5) is 12.8. The first kappa shape index (κ1) is 14.6. The first-order chi connectivity index (χ1) is 8.60. The summed E-state index contributed by atoms with van der Waals surface area (Å²) in [5.41, 5.74) is 0.114. The van der Waals surface area contributed by atoms with Crippen LogP contribution >= 0.6 is 0 Å². The van der Waals surface area contributed by atoms with E-state index in [2.05, 4.69) is 0 Å². The summed E-state index contributed by atoms with van der Waals surface area (Å²) < 4.78 is 18.9. The molecule has 0 aliphatic carbocycles. The van der Waals surface area contributed by atoms with Crippen molar-refractivity contribution < 1.29 is 19.0 Å². The molecule has 0 bridgehead atoms. The van der Waals surface area contributed by atoms with Crippen molar-refractivity contribution in [1.82, 2.24) is 4.90 Å². The molecule has 0 amide bonds. The van der Waals surface area contributed by atoms with Gasteiger partial charge < -0.3 is 9.84 Å². The maximum absolute atomic E-state index is 13.9. The van der Waals surface area contributed by atoms with Crippen LogP contribution in [0.15, 0.2) is 18.2 Å². The number of halogens is 1. The number of aromatic carboxylic acids is 1. The zero-order chi connectivity index (χ0) is 13.5. The molecular formula is C13H18FNO3. The summed E-state index contributed by atoms with van der Waals surface area (Å²) in [5, 5.41) is 8.85. The van der Waals surface area contributed by atoms with Crippen molar-refractivity contribution in [1.29, 1.82) is 0 Å². The fourth-order valence-electron chi connectivity index (χ4n) is 1.68. The summed E-state index contributed by atoms with van der Waals surface area (Å²) in [6, 6.07) is 4.44. The van der Waals surface area contributed by atoms with E-state index in [4.69, 9.17) is 9.84 Å². The van der Waals surface area contributed by atoms with Gasteiger partial charge in [0.15, 0.2) is 0 Å². The number of methoxy groups -OCH3 is 1. The molecule has 0 radical (unpaired) electrons. The Morgan fingerprint density at radius 1 is 1.50 bits per heavy atom. The number of carboxylic acids is 1. The SMILES string of the molecule is CCN(CCOC)Cc1cccc(C(=O)O)c1F. The van der Waals surface area contributed by atoms with E-state index in [1.807, 2.05) is 11.8 Å². The van der Waals surface area contributed by atoms with E-state index >= 15 is 0 Å². The molecule has 0 aliphatic heterocycles. The fourth-order valence-corrected chi connectivity index (χ4v) is 1.68. The summed E-state index contributed by atoms with van der Waals surface area (Å²) in [7, 11) is 1.61. The second-order valence-electron chi connectivity index (χ2n) is 3.95. The van der Waals surface area contributed by atoms with Crippen molar-refractivity contribution in [3.63, 3.8) is 0 Å². The van der Waals surface area contributed by atoms with E-state index in [9.17, 15) is 9.18 Å². The van der Waals surface area contributed by atoms with Gasteiger partial charge in [-0.15, -0.1) is 0 Å². The number of nitrogens with zero attached hydrogens (tertiary/aromatic N) is 1. The van der Waals surface area contributed by atoms with Crippen LogP contribution in [0.25, 0.3) is 0 Å². The smallest absolute Gasteiger partial charge is 0.338 e. The molecule has 0 aromatic heterocycles. The highest BCUT2D eigenvalue weighted by molar-refractivity contribution is 5.88. The quantitative estimate of drug-likeness (QED) is 0.809. The minimum atomic E-state index is -1.24. The summed E-state index contributed by atoms with van der Waals surface area (Å²) in [5.74, 6) is -1.89. The normalized spacial score (nSPS) is 10.9.